The van der Waals surface area contributed by atoms with Crippen LogP contribution in [0.25, 0.3) is 0 Å². The van der Waals surface area contributed by atoms with Crippen LogP contribution in [0, 0.1) is 12.8 Å². The molecule has 1 aliphatic rings. The standard InChI is InChI=1S/C11H16N6O2S/c1-9-14-11(6-15(9)2)20(18,19)17-4-10(5-17)3-16-8-12-7-13-16/h6-8,10H,3-5H2,1-2H3. The van der Waals surface area contributed by atoms with E-state index in [1.807, 2.05) is 0 Å². The summed E-state index contributed by atoms with van der Waals surface area (Å²) in [7, 11) is -1.68. The van der Waals surface area contributed by atoms with Gasteiger partial charge in [0.25, 0.3) is 10.0 Å². The van der Waals surface area contributed by atoms with Gasteiger partial charge >= 0.3 is 0 Å². The molecule has 0 aliphatic carbocycles. The highest BCUT2D eigenvalue weighted by Gasteiger charge is 2.38. The predicted octanol–water partition coefficient (Wildman–Crippen LogP) is -0.359. The average molecular weight is 296 g/mol. The largest absolute Gasteiger partial charge is 0.337 e. The fraction of sp³-hybridized carbons (Fsp3) is 0.545. The first kappa shape index (κ1) is 13.3. The molecule has 3 rings (SSSR count). The van der Waals surface area contributed by atoms with E-state index in [1.165, 1.54) is 10.6 Å². The topological polar surface area (TPSA) is 85.9 Å². The molecule has 0 amide bonds. The van der Waals surface area contributed by atoms with Crippen LogP contribution in [0.5, 0.6) is 0 Å². The predicted molar refractivity (Wildman–Crippen MR) is 70.2 cm³/mol. The van der Waals surface area contributed by atoms with Crippen molar-refractivity contribution in [2.24, 2.45) is 13.0 Å². The summed E-state index contributed by atoms with van der Waals surface area (Å²) in [6, 6.07) is 0. The van der Waals surface area contributed by atoms with Crippen molar-refractivity contribution in [3.05, 3.63) is 24.7 Å². The maximum absolute atomic E-state index is 12.3. The molecule has 2 aromatic heterocycles. The Kier molecular flexibility index (Phi) is 3.09. The van der Waals surface area contributed by atoms with Gasteiger partial charge in [-0.05, 0) is 6.92 Å². The number of aromatic nitrogens is 5. The van der Waals surface area contributed by atoms with Gasteiger partial charge in [0.15, 0.2) is 5.03 Å². The summed E-state index contributed by atoms with van der Waals surface area (Å²) in [5.74, 6) is 0.958. The van der Waals surface area contributed by atoms with Crippen LogP contribution >= 0.6 is 0 Å². The molecule has 0 aromatic carbocycles. The lowest BCUT2D eigenvalue weighted by atomic mass is 10.0. The molecule has 0 unspecified atom stereocenters. The van der Waals surface area contributed by atoms with E-state index in [0.717, 1.165) is 0 Å². The average Bonchev–Trinajstić information content (AvgIpc) is 2.94. The number of rotatable bonds is 4. The Morgan fingerprint density at radius 3 is 2.70 bits per heavy atom. The van der Waals surface area contributed by atoms with Crippen LogP contribution in [0.4, 0.5) is 0 Å². The zero-order valence-corrected chi connectivity index (χ0v) is 12.2. The van der Waals surface area contributed by atoms with Gasteiger partial charge in [-0.1, -0.05) is 0 Å². The molecule has 9 heteroatoms. The van der Waals surface area contributed by atoms with Crippen LogP contribution in [0.2, 0.25) is 0 Å². The Labute approximate surface area is 117 Å². The van der Waals surface area contributed by atoms with Gasteiger partial charge in [0.05, 0.1) is 0 Å². The summed E-state index contributed by atoms with van der Waals surface area (Å²) in [6.07, 6.45) is 4.67. The van der Waals surface area contributed by atoms with E-state index in [9.17, 15) is 8.42 Å². The number of hydrogen-bond donors (Lipinski definition) is 0. The summed E-state index contributed by atoms with van der Waals surface area (Å²) in [4.78, 5) is 7.96. The normalized spacial score (nSPS) is 17.3. The Balaban J connectivity index is 1.66. The second kappa shape index (κ2) is 4.67. The third-order valence-electron chi connectivity index (χ3n) is 3.53. The van der Waals surface area contributed by atoms with E-state index >= 15 is 0 Å². The molecule has 0 N–H and O–H groups in total. The van der Waals surface area contributed by atoms with Crippen molar-refractivity contribution in [3.8, 4) is 0 Å². The van der Waals surface area contributed by atoms with Crippen molar-refractivity contribution in [2.45, 2.75) is 18.5 Å². The minimum atomic E-state index is -3.46. The summed E-state index contributed by atoms with van der Waals surface area (Å²) in [6.45, 7) is 3.46. The molecule has 20 heavy (non-hydrogen) atoms. The first-order chi connectivity index (χ1) is 9.46. The molecule has 8 nitrogen and oxygen atoms in total. The van der Waals surface area contributed by atoms with Crippen molar-refractivity contribution in [1.82, 2.24) is 28.6 Å². The van der Waals surface area contributed by atoms with E-state index in [2.05, 4.69) is 15.1 Å². The van der Waals surface area contributed by atoms with E-state index in [0.29, 0.717) is 25.5 Å². The second-order valence-corrected chi connectivity index (χ2v) is 6.93. The highest BCUT2D eigenvalue weighted by atomic mass is 32.2. The fourth-order valence-corrected chi connectivity index (χ4v) is 3.83. The maximum atomic E-state index is 12.3. The van der Waals surface area contributed by atoms with E-state index < -0.39 is 10.0 Å². The third kappa shape index (κ3) is 2.22. The van der Waals surface area contributed by atoms with E-state index in [4.69, 9.17) is 0 Å². The van der Waals surface area contributed by atoms with Gasteiger partial charge in [0.2, 0.25) is 0 Å². The monoisotopic (exact) mass is 296 g/mol. The molecular weight excluding hydrogens is 280 g/mol. The van der Waals surface area contributed by atoms with Crippen molar-refractivity contribution in [2.75, 3.05) is 13.1 Å². The van der Waals surface area contributed by atoms with Crippen LogP contribution in [-0.4, -0.2) is 50.1 Å². The number of sulfonamides is 1. The minimum Gasteiger partial charge on any atom is -0.337 e. The third-order valence-corrected chi connectivity index (χ3v) is 5.23. The molecule has 0 radical (unpaired) electrons. The molecule has 0 saturated carbocycles. The van der Waals surface area contributed by atoms with Crippen molar-refractivity contribution < 1.29 is 8.42 Å². The van der Waals surface area contributed by atoms with Crippen molar-refractivity contribution >= 4 is 10.0 Å². The molecule has 108 valence electrons. The van der Waals surface area contributed by atoms with Gasteiger partial charge in [0, 0.05) is 38.8 Å². The molecule has 0 bridgehead atoms. The second-order valence-electron chi connectivity index (χ2n) is 5.04. The van der Waals surface area contributed by atoms with Gasteiger partial charge in [-0.3, -0.25) is 4.68 Å². The Bertz CT molecular complexity index is 680. The van der Waals surface area contributed by atoms with Crippen LogP contribution in [0.15, 0.2) is 23.9 Å². The number of nitrogens with zero attached hydrogens (tertiary/aromatic N) is 6. The van der Waals surface area contributed by atoms with Crippen molar-refractivity contribution in [1.29, 1.82) is 0 Å². The lowest BCUT2D eigenvalue weighted by molar-refractivity contribution is 0.174. The van der Waals surface area contributed by atoms with Gasteiger partial charge in [-0.25, -0.2) is 18.4 Å². The smallest absolute Gasteiger partial charge is 0.262 e. The summed E-state index contributed by atoms with van der Waals surface area (Å²) in [5, 5.41) is 4.14. The number of aryl methyl sites for hydroxylation is 2. The first-order valence-electron chi connectivity index (χ1n) is 6.29. The molecule has 1 fully saturated rings. The molecule has 2 aromatic rings. The Morgan fingerprint density at radius 1 is 1.40 bits per heavy atom. The zero-order valence-electron chi connectivity index (χ0n) is 11.3. The molecular formula is C11H16N6O2S. The molecule has 1 saturated heterocycles. The number of imidazole rings is 1. The summed E-state index contributed by atoms with van der Waals surface area (Å²) < 4.78 is 29.6. The zero-order chi connectivity index (χ0) is 14.3. The Hall–Kier alpha value is -1.74. The van der Waals surface area contributed by atoms with E-state index in [-0.39, 0.29) is 10.9 Å². The van der Waals surface area contributed by atoms with Crippen LogP contribution in [0.1, 0.15) is 5.82 Å². The van der Waals surface area contributed by atoms with Gasteiger partial charge in [-0.15, -0.1) is 0 Å². The Morgan fingerprint density at radius 2 is 2.15 bits per heavy atom. The van der Waals surface area contributed by atoms with Gasteiger partial charge < -0.3 is 4.57 Å². The van der Waals surface area contributed by atoms with Gasteiger partial charge in [-0.2, -0.15) is 9.40 Å². The van der Waals surface area contributed by atoms with Crippen LogP contribution < -0.4 is 0 Å². The fourth-order valence-electron chi connectivity index (χ4n) is 2.21. The quantitative estimate of drug-likeness (QED) is 0.769. The van der Waals surface area contributed by atoms with E-state index in [1.54, 1.807) is 35.7 Å². The van der Waals surface area contributed by atoms with Crippen LogP contribution in [-0.2, 0) is 23.6 Å². The molecule has 1 aliphatic heterocycles. The molecule has 3 heterocycles. The molecule has 0 spiro atoms. The van der Waals surface area contributed by atoms with Crippen LogP contribution in [0.3, 0.4) is 0 Å². The van der Waals surface area contributed by atoms with Gasteiger partial charge in [0.1, 0.15) is 18.5 Å². The lowest BCUT2D eigenvalue weighted by Gasteiger charge is -2.37. The van der Waals surface area contributed by atoms with Crippen molar-refractivity contribution in [3.63, 3.8) is 0 Å². The minimum absolute atomic E-state index is 0.122. The summed E-state index contributed by atoms with van der Waals surface area (Å²) >= 11 is 0. The maximum Gasteiger partial charge on any atom is 0.262 e. The highest BCUT2D eigenvalue weighted by Crippen LogP contribution is 2.25. The highest BCUT2D eigenvalue weighted by molar-refractivity contribution is 7.89. The lowest BCUT2D eigenvalue weighted by Crippen LogP contribution is -2.51. The summed E-state index contributed by atoms with van der Waals surface area (Å²) in [5.41, 5.74) is 0. The first-order valence-corrected chi connectivity index (χ1v) is 7.73. The molecule has 0 atom stereocenters. The SMILES string of the molecule is Cc1nc(S(=O)(=O)N2CC(Cn3cncn3)C2)cn1C. The number of hydrogen-bond acceptors (Lipinski definition) is 5.